The Bertz CT molecular complexity index is 2050. The summed E-state index contributed by atoms with van der Waals surface area (Å²) in [5, 5.41) is 121. The predicted octanol–water partition coefficient (Wildman–Crippen LogP) is 12.4. The van der Waals surface area contributed by atoms with E-state index in [9.17, 15) is 61.0 Å². The van der Waals surface area contributed by atoms with Gasteiger partial charge in [0, 0.05) is 6.42 Å². The van der Waals surface area contributed by atoms with Gasteiger partial charge in [-0.2, -0.15) is 0 Å². The van der Waals surface area contributed by atoms with Gasteiger partial charge in [0.05, 0.1) is 38.6 Å². The van der Waals surface area contributed by atoms with Crippen LogP contribution in [0.25, 0.3) is 0 Å². The van der Waals surface area contributed by atoms with E-state index in [2.05, 4.69) is 79.9 Å². The number of aliphatic hydroxyl groups is 11. The number of allylic oxidation sites excluding steroid dienone is 11. The Morgan fingerprint density at radius 1 is 0.378 bits per heavy atom. The monoisotopic (exact) mass is 1390 g/mol. The molecule has 17 atom stereocenters. The molecule has 3 saturated heterocycles. The second-order valence-electron chi connectivity index (χ2n) is 27.8. The second-order valence-corrected chi connectivity index (χ2v) is 27.8. The van der Waals surface area contributed by atoms with Crippen LogP contribution in [0.15, 0.2) is 72.9 Å². The van der Waals surface area contributed by atoms with E-state index in [1.165, 1.54) is 186 Å². The number of aliphatic hydroxyl groups excluding tert-OH is 11. The van der Waals surface area contributed by atoms with Gasteiger partial charge in [-0.05, 0) is 64.2 Å². The molecule has 570 valence electrons. The van der Waals surface area contributed by atoms with E-state index in [0.29, 0.717) is 6.42 Å². The first kappa shape index (κ1) is 89.4. The van der Waals surface area contributed by atoms with Crippen molar-refractivity contribution in [2.45, 2.75) is 394 Å². The summed E-state index contributed by atoms with van der Waals surface area (Å²) in [6.45, 7) is 1.64. The van der Waals surface area contributed by atoms with Crippen molar-refractivity contribution in [3.8, 4) is 0 Å². The Hall–Kier alpha value is -2.77. The van der Waals surface area contributed by atoms with Crippen LogP contribution in [0.1, 0.15) is 290 Å². The second kappa shape index (κ2) is 59.6. The minimum absolute atomic E-state index is 0.244. The average molecular weight is 1390 g/mol. The fourth-order valence-electron chi connectivity index (χ4n) is 13.0. The summed E-state index contributed by atoms with van der Waals surface area (Å²) in [5.41, 5.74) is 0. The maximum atomic E-state index is 13.4. The topological polar surface area (TPSA) is 307 Å². The quantitative estimate of drug-likeness (QED) is 0.0199. The molecule has 0 radical (unpaired) electrons. The van der Waals surface area contributed by atoms with E-state index in [1.54, 1.807) is 6.08 Å². The summed E-state index contributed by atoms with van der Waals surface area (Å²) >= 11 is 0. The average Bonchev–Trinajstić information content (AvgIpc) is 0.784. The molecule has 3 rings (SSSR count). The number of hydrogen-bond acceptors (Lipinski definition) is 18. The Morgan fingerprint density at radius 3 is 1.10 bits per heavy atom. The number of nitrogens with one attached hydrogen (secondary N) is 1. The number of ether oxygens (including phenoxy) is 6. The number of rotatable bonds is 61. The van der Waals surface area contributed by atoms with Gasteiger partial charge in [-0.3, -0.25) is 4.79 Å². The Labute approximate surface area is 591 Å². The van der Waals surface area contributed by atoms with Gasteiger partial charge in [0.15, 0.2) is 18.9 Å². The minimum Gasteiger partial charge on any atom is -0.394 e. The molecule has 0 saturated carbocycles. The van der Waals surface area contributed by atoms with Crippen LogP contribution in [-0.4, -0.2) is 193 Å². The molecule has 0 aromatic carbocycles. The van der Waals surface area contributed by atoms with Crippen LogP contribution < -0.4 is 5.32 Å². The van der Waals surface area contributed by atoms with E-state index in [1.807, 2.05) is 6.08 Å². The van der Waals surface area contributed by atoms with Crippen LogP contribution in [0.3, 0.4) is 0 Å². The van der Waals surface area contributed by atoms with E-state index in [0.717, 1.165) is 77.0 Å². The zero-order chi connectivity index (χ0) is 71.1. The van der Waals surface area contributed by atoms with E-state index < -0.39 is 124 Å². The van der Waals surface area contributed by atoms with Crippen molar-refractivity contribution < 1.29 is 89.4 Å². The highest BCUT2D eigenvalue weighted by molar-refractivity contribution is 5.76. The molecule has 19 nitrogen and oxygen atoms in total. The summed E-state index contributed by atoms with van der Waals surface area (Å²) in [6, 6.07) is -0.974. The van der Waals surface area contributed by atoms with Gasteiger partial charge in [-0.25, -0.2) is 0 Å². The van der Waals surface area contributed by atoms with Crippen molar-refractivity contribution in [2.75, 3.05) is 26.4 Å². The maximum Gasteiger partial charge on any atom is 0.220 e. The highest BCUT2D eigenvalue weighted by Crippen LogP contribution is 2.33. The molecule has 19 heteroatoms. The Kier molecular flexibility index (Phi) is 54.4. The molecule has 3 aliphatic rings. The molecule has 0 spiro atoms. The summed E-state index contributed by atoms with van der Waals surface area (Å²) in [5.74, 6) is -0.273. The smallest absolute Gasteiger partial charge is 0.220 e. The van der Waals surface area contributed by atoms with Gasteiger partial charge in [-0.1, -0.05) is 292 Å². The fraction of sp³-hybridized carbons (Fsp3) is 0.835. The third-order valence-corrected chi connectivity index (χ3v) is 19.3. The lowest BCUT2D eigenvalue weighted by Gasteiger charge is -2.48. The van der Waals surface area contributed by atoms with E-state index in [4.69, 9.17) is 28.4 Å². The summed E-state index contributed by atoms with van der Waals surface area (Å²) in [7, 11) is 0. The van der Waals surface area contributed by atoms with Crippen LogP contribution in [0.4, 0.5) is 0 Å². The normalized spacial score (nSPS) is 27.1. The van der Waals surface area contributed by atoms with Gasteiger partial charge >= 0.3 is 0 Å². The Balaban J connectivity index is 1.32. The van der Waals surface area contributed by atoms with Crippen molar-refractivity contribution in [3.63, 3.8) is 0 Å². The van der Waals surface area contributed by atoms with Crippen molar-refractivity contribution in [2.24, 2.45) is 0 Å². The molecule has 0 aliphatic carbocycles. The fourth-order valence-corrected chi connectivity index (χ4v) is 13.0. The van der Waals surface area contributed by atoms with Crippen LogP contribution >= 0.6 is 0 Å². The van der Waals surface area contributed by atoms with Crippen molar-refractivity contribution in [1.82, 2.24) is 5.32 Å². The molecule has 0 aromatic rings. The summed E-state index contributed by atoms with van der Waals surface area (Å²) in [6.07, 6.45) is 50.4. The molecule has 17 unspecified atom stereocenters. The molecule has 3 heterocycles. The first-order chi connectivity index (χ1) is 47.8. The SMILES string of the molecule is CC/C=C\C/C=C\C/C=C\C/C=C\C/C=C\CCCCCCCCCCCCCCCCCCCCCCCC(=O)NC(COC1OC(CO)C(OC2OC(CO)C(OC3OC(CO)C(O)C(O)C3O)C(O)C2O)C(O)C1O)C(O)/C=C/CCCCCCCCCCCCCCCC. The predicted molar refractivity (Wildman–Crippen MR) is 388 cm³/mol. The molecule has 0 bridgehead atoms. The molecule has 3 aliphatic heterocycles. The van der Waals surface area contributed by atoms with Crippen LogP contribution in [-0.2, 0) is 33.2 Å². The van der Waals surface area contributed by atoms with Crippen molar-refractivity contribution >= 4 is 5.91 Å². The lowest BCUT2D eigenvalue weighted by atomic mass is 9.96. The third kappa shape index (κ3) is 39.8. The first-order valence-corrected chi connectivity index (χ1v) is 39.2. The van der Waals surface area contributed by atoms with Crippen LogP contribution in [0, 0.1) is 0 Å². The van der Waals surface area contributed by atoms with E-state index >= 15 is 0 Å². The maximum absolute atomic E-state index is 13.4. The highest BCUT2D eigenvalue weighted by atomic mass is 16.8. The number of carbonyl (C=O) groups excluding carboxylic acids is 1. The molecule has 1 amide bonds. The third-order valence-electron chi connectivity index (χ3n) is 19.3. The minimum atomic E-state index is -1.98. The zero-order valence-electron chi connectivity index (χ0n) is 60.8. The number of amides is 1. The number of unbranched alkanes of at least 4 members (excludes halogenated alkanes) is 35. The number of carbonyl (C=O) groups is 1. The van der Waals surface area contributed by atoms with Crippen LogP contribution in [0.5, 0.6) is 0 Å². The van der Waals surface area contributed by atoms with E-state index in [-0.39, 0.29) is 18.9 Å². The highest BCUT2D eigenvalue weighted by Gasteiger charge is 2.53. The summed E-state index contributed by atoms with van der Waals surface area (Å²) < 4.78 is 34.4. The lowest BCUT2D eigenvalue weighted by Crippen LogP contribution is -2.66. The molecule has 3 fully saturated rings. The number of hydrogen-bond donors (Lipinski definition) is 12. The van der Waals surface area contributed by atoms with Gasteiger partial charge in [0.25, 0.3) is 0 Å². The van der Waals surface area contributed by atoms with Gasteiger partial charge in [0.2, 0.25) is 5.91 Å². The largest absolute Gasteiger partial charge is 0.394 e. The lowest BCUT2D eigenvalue weighted by molar-refractivity contribution is -0.379. The van der Waals surface area contributed by atoms with Crippen molar-refractivity contribution in [1.29, 1.82) is 0 Å². The standard InChI is InChI=1S/C79H141NO18/c1-3-5-7-9-11-13-15-17-19-21-22-23-24-25-26-27-28-29-30-31-32-33-34-35-36-37-38-39-40-41-43-45-47-49-51-53-55-57-67(85)80-62(63(84)56-54-52-50-48-46-44-42-20-18-16-14-12-10-8-6-4-2)61-93-77-73(91)70(88)75(65(59-82)95-77)98-79-74(92)71(89)76(66(60-83)96-79)97-78-72(90)69(87)68(86)64(58-81)94-78/h5,7,11,13,17,19,22-23,25-26,54,56,62-66,68-79,81-84,86-92H,3-4,6,8-10,12,14-16,18,20-21,24,27-53,55,57-61H2,1-2H3,(H,80,85)/b7-5-,13-11-,19-17-,23-22-,26-25-,56-54+. The molecule has 98 heavy (non-hydrogen) atoms. The molecular formula is C79H141NO18. The van der Waals surface area contributed by atoms with Gasteiger partial charge in [-0.15, -0.1) is 0 Å². The summed E-state index contributed by atoms with van der Waals surface area (Å²) in [4.78, 5) is 13.4. The van der Waals surface area contributed by atoms with Gasteiger partial charge < -0.3 is 89.9 Å². The van der Waals surface area contributed by atoms with Gasteiger partial charge in [0.1, 0.15) is 73.2 Å². The Morgan fingerprint density at radius 2 is 0.704 bits per heavy atom. The molecule has 12 N–H and O–H groups in total. The first-order valence-electron chi connectivity index (χ1n) is 39.2. The van der Waals surface area contributed by atoms with Crippen LogP contribution in [0.2, 0.25) is 0 Å². The molecular weight excluding hydrogens is 1250 g/mol. The van der Waals surface area contributed by atoms with Crippen molar-refractivity contribution in [3.05, 3.63) is 72.9 Å². The zero-order valence-corrected chi connectivity index (χ0v) is 60.8. The molecule has 0 aromatic heterocycles.